The third-order valence-electron chi connectivity index (χ3n) is 3.97. The summed E-state index contributed by atoms with van der Waals surface area (Å²) in [6.07, 6.45) is 5.11. The number of hydrogen-bond acceptors (Lipinski definition) is 4. The number of nitrogens with one attached hydrogen (secondary N) is 1. The highest BCUT2D eigenvalue weighted by Crippen LogP contribution is 2.25. The van der Waals surface area contributed by atoms with Crippen LogP contribution < -0.4 is 10.1 Å². The Balaban J connectivity index is 1.85. The molecule has 0 spiro atoms. The van der Waals surface area contributed by atoms with Crippen LogP contribution in [0.15, 0.2) is 24.3 Å². The summed E-state index contributed by atoms with van der Waals surface area (Å²) < 4.78 is 11.3. The zero-order valence-electron chi connectivity index (χ0n) is 13.5. The molecule has 0 radical (unpaired) electrons. The van der Waals surface area contributed by atoms with Gasteiger partial charge in [0.25, 0.3) is 0 Å². The normalized spacial score (nSPS) is 22.3. The second-order valence-corrected chi connectivity index (χ2v) is 6.05. The molecule has 0 aliphatic heterocycles. The molecule has 4 nitrogen and oxygen atoms in total. The predicted octanol–water partition coefficient (Wildman–Crippen LogP) is 3.00. The van der Waals surface area contributed by atoms with Gasteiger partial charge in [0.15, 0.2) is 0 Å². The van der Waals surface area contributed by atoms with Crippen LogP contribution in [-0.2, 0) is 4.74 Å². The minimum Gasteiger partial charge on any atom is -0.492 e. The van der Waals surface area contributed by atoms with E-state index in [1.54, 1.807) is 0 Å². The fraction of sp³-hybridized carbons (Fsp3) is 0.647. The number of methoxy groups -OCH3 is 1. The van der Waals surface area contributed by atoms with Crippen molar-refractivity contribution in [1.82, 2.24) is 4.90 Å². The van der Waals surface area contributed by atoms with Crippen molar-refractivity contribution in [2.75, 3.05) is 39.7 Å². The fourth-order valence-corrected chi connectivity index (χ4v) is 2.75. The molecule has 118 valence electrons. The molecule has 1 aromatic rings. The number of benzene rings is 1. The van der Waals surface area contributed by atoms with Gasteiger partial charge in [-0.25, -0.2) is 0 Å². The molecule has 2 unspecified atom stereocenters. The third-order valence-corrected chi connectivity index (χ3v) is 3.97. The largest absolute Gasteiger partial charge is 0.492 e. The number of likely N-dealkylation sites (N-methyl/N-ethyl adjacent to an activating group) is 1. The Bertz CT molecular complexity index is 423. The van der Waals surface area contributed by atoms with Gasteiger partial charge >= 0.3 is 0 Å². The molecule has 1 aliphatic carbocycles. The van der Waals surface area contributed by atoms with Gasteiger partial charge in [-0.3, -0.25) is 0 Å². The summed E-state index contributed by atoms with van der Waals surface area (Å²) in [6.45, 7) is 1.64. The quantitative estimate of drug-likeness (QED) is 0.837. The zero-order valence-corrected chi connectivity index (χ0v) is 13.5. The molecule has 1 saturated carbocycles. The van der Waals surface area contributed by atoms with Crippen LogP contribution in [0.2, 0.25) is 0 Å². The molecule has 0 bridgehead atoms. The first kappa shape index (κ1) is 16.1. The van der Waals surface area contributed by atoms with Gasteiger partial charge in [0.1, 0.15) is 12.4 Å². The van der Waals surface area contributed by atoms with Crippen molar-refractivity contribution in [3.63, 3.8) is 0 Å². The van der Waals surface area contributed by atoms with Crippen LogP contribution >= 0.6 is 0 Å². The molecule has 4 heteroatoms. The van der Waals surface area contributed by atoms with Crippen LogP contribution in [0.1, 0.15) is 25.7 Å². The molecule has 2 atom stereocenters. The first-order valence-corrected chi connectivity index (χ1v) is 7.84. The third kappa shape index (κ3) is 5.56. The molecule has 0 amide bonds. The Labute approximate surface area is 128 Å². The number of ether oxygens (including phenoxy) is 2. The average Bonchev–Trinajstić information content (AvgIpc) is 2.47. The number of nitrogens with zero attached hydrogens (tertiary/aromatic N) is 1. The Morgan fingerprint density at radius 2 is 2.14 bits per heavy atom. The molecule has 0 aromatic heterocycles. The van der Waals surface area contributed by atoms with Crippen LogP contribution in [0, 0.1) is 0 Å². The molecule has 1 fully saturated rings. The van der Waals surface area contributed by atoms with E-state index in [4.69, 9.17) is 9.47 Å². The highest BCUT2D eigenvalue weighted by atomic mass is 16.5. The van der Waals surface area contributed by atoms with Gasteiger partial charge in [-0.2, -0.15) is 0 Å². The summed E-state index contributed by atoms with van der Waals surface area (Å²) in [5, 5.41) is 3.61. The topological polar surface area (TPSA) is 33.7 Å². The van der Waals surface area contributed by atoms with E-state index in [9.17, 15) is 0 Å². The summed E-state index contributed by atoms with van der Waals surface area (Å²) in [5.41, 5.74) is 1.14. The molecular weight excluding hydrogens is 264 g/mol. The lowest BCUT2D eigenvalue weighted by Gasteiger charge is -2.29. The number of rotatable bonds is 7. The van der Waals surface area contributed by atoms with Crippen molar-refractivity contribution >= 4 is 5.69 Å². The molecule has 0 saturated heterocycles. The monoisotopic (exact) mass is 292 g/mol. The van der Waals surface area contributed by atoms with Gasteiger partial charge in [0.2, 0.25) is 0 Å². The van der Waals surface area contributed by atoms with E-state index in [1.165, 1.54) is 19.3 Å². The van der Waals surface area contributed by atoms with Gasteiger partial charge < -0.3 is 19.7 Å². The van der Waals surface area contributed by atoms with E-state index in [2.05, 4.69) is 36.4 Å². The van der Waals surface area contributed by atoms with Crippen molar-refractivity contribution in [1.29, 1.82) is 0 Å². The van der Waals surface area contributed by atoms with Gasteiger partial charge in [-0.1, -0.05) is 6.07 Å². The van der Waals surface area contributed by atoms with Crippen molar-refractivity contribution in [3.05, 3.63) is 24.3 Å². The highest BCUT2D eigenvalue weighted by Gasteiger charge is 2.21. The summed E-state index contributed by atoms with van der Waals surface area (Å²) in [6, 6.07) is 8.76. The summed E-state index contributed by atoms with van der Waals surface area (Å²) in [7, 11) is 5.92. The Hall–Kier alpha value is -1.26. The first-order valence-electron chi connectivity index (χ1n) is 7.84. The molecule has 0 heterocycles. The van der Waals surface area contributed by atoms with Crippen molar-refractivity contribution in [2.24, 2.45) is 0 Å². The van der Waals surface area contributed by atoms with E-state index < -0.39 is 0 Å². The summed E-state index contributed by atoms with van der Waals surface area (Å²) >= 11 is 0. The Kier molecular flexibility index (Phi) is 6.33. The second kappa shape index (κ2) is 8.25. The van der Waals surface area contributed by atoms with E-state index in [1.807, 2.05) is 19.2 Å². The van der Waals surface area contributed by atoms with Crippen LogP contribution in [0.5, 0.6) is 5.75 Å². The Morgan fingerprint density at radius 3 is 2.90 bits per heavy atom. The first-order chi connectivity index (χ1) is 10.2. The molecule has 1 N–H and O–H groups in total. The Morgan fingerprint density at radius 1 is 1.29 bits per heavy atom. The lowest BCUT2D eigenvalue weighted by Crippen LogP contribution is -2.30. The van der Waals surface area contributed by atoms with Crippen LogP contribution in [0.3, 0.4) is 0 Å². The van der Waals surface area contributed by atoms with Crippen molar-refractivity contribution < 1.29 is 9.47 Å². The van der Waals surface area contributed by atoms with Crippen molar-refractivity contribution in [3.8, 4) is 5.75 Å². The fourth-order valence-electron chi connectivity index (χ4n) is 2.75. The van der Waals surface area contributed by atoms with Gasteiger partial charge in [0.05, 0.1) is 6.10 Å². The van der Waals surface area contributed by atoms with E-state index in [0.717, 1.165) is 24.4 Å². The minimum atomic E-state index is 0.399. The molecule has 1 aliphatic rings. The lowest BCUT2D eigenvalue weighted by molar-refractivity contribution is 0.0669. The molecule has 21 heavy (non-hydrogen) atoms. The SMILES string of the molecule is COC1CCCC(Nc2cccc(OCCN(C)C)c2)C1. The van der Waals surface area contributed by atoms with E-state index >= 15 is 0 Å². The highest BCUT2D eigenvalue weighted by molar-refractivity contribution is 5.48. The van der Waals surface area contributed by atoms with Crippen molar-refractivity contribution in [2.45, 2.75) is 37.8 Å². The van der Waals surface area contributed by atoms with Gasteiger partial charge in [-0.05, 0) is 51.9 Å². The number of anilines is 1. The summed E-state index contributed by atoms with van der Waals surface area (Å²) in [4.78, 5) is 2.12. The standard InChI is InChI=1S/C17H28N2O2/c1-19(2)10-11-21-17-9-5-7-15(13-17)18-14-6-4-8-16(12-14)20-3/h5,7,9,13-14,16,18H,4,6,8,10-12H2,1-3H3. The van der Waals surface area contributed by atoms with E-state index in [-0.39, 0.29) is 0 Å². The minimum absolute atomic E-state index is 0.399. The van der Waals surface area contributed by atoms with E-state index in [0.29, 0.717) is 18.8 Å². The molecule has 2 rings (SSSR count). The molecular formula is C17H28N2O2. The van der Waals surface area contributed by atoms with Crippen LogP contribution in [-0.4, -0.2) is 51.4 Å². The van der Waals surface area contributed by atoms with Gasteiger partial charge in [0, 0.05) is 31.5 Å². The van der Waals surface area contributed by atoms with Crippen LogP contribution in [0.4, 0.5) is 5.69 Å². The smallest absolute Gasteiger partial charge is 0.121 e. The number of hydrogen-bond donors (Lipinski definition) is 1. The average molecular weight is 292 g/mol. The molecule has 1 aromatic carbocycles. The maximum absolute atomic E-state index is 5.78. The predicted molar refractivity (Wildman–Crippen MR) is 87.2 cm³/mol. The van der Waals surface area contributed by atoms with Crippen LogP contribution in [0.25, 0.3) is 0 Å². The summed E-state index contributed by atoms with van der Waals surface area (Å²) in [5.74, 6) is 0.931. The lowest BCUT2D eigenvalue weighted by atomic mass is 9.92. The maximum atomic E-state index is 5.78. The zero-order chi connectivity index (χ0) is 15.1. The maximum Gasteiger partial charge on any atom is 0.121 e. The second-order valence-electron chi connectivity index (χ2n) is 6.05. The van der Waals surface area contributed by atoms with Gasteiger partial charge in [-0.15, -0.1) is 0 Å².